The van der Waals surface area contributed by atoms with Gasteiger partial charge in [0.1, 0.15) is 22.9 Å². The fourth-order valence-electron chi connectivity index (χ4n) is 2.83. The molecule has 2 amide bonds. The molecule has 0 spiro atoms. The van der Waals surface area contributed by atoms with Crippen molar-refractivity contribution in [3.63, 3.8) is 0 Å². The van der Waals surface area contributed by atoms with Crippen LogP contribution in [0.25, 0.3) is 6.08 Å². The van der Waals surface area contributed by atoms with Gasteiger partial charge in [-0.1, -0.05) is 18.2 Å². The maximum Gasteiger partial charge on any atom is 0.270 e. The molecule has 0 bridgehead atoms. The molecule has 1 aromatic heterocycles. The number of thiocarbonyl (C=S) groups is 1. The Morgan fingerprint density at radius 2 is 1.72 bits per heavy atom. The zero-order valence-corrected chi connectivity index (χ0v) is 16.2. The first kappa shape index (κ1) is 18.6. The highest BCUT2D eigenvalue weighted by atomic mass is 32.1. The second-order valence-corrected chi connectivity index (χ2v) is 6.65. The molecule has 0 atom stereocenters. The molecule has 1 N–H and O–H groups in total. The number of nitrogens with one attached hydrogen (secondary N) is 1. The number of hydrogen-bond donors (Lipinski definition) is 1. The monoisotopic (exact) mass is 404 g/mol. The van der Waals surface area contributed by atoms with E-state index in [9.17, 15) is 9.59 Å². The number of rotatable bonds is 4. The minimum atomic E-state index is -0.553. The molecule has 2 aromatic carbocycles. The number of imidazole rings is 1. The highest BCUT2D eigenvalue weighted by molar-refractivity contribution is 7.80. The summed E-state index contributed by atoms with van der Waals surface area (Å²) in [5.74, 6) is 0.741. The Morgan fingerprint density at radius 1 is 1.03 bits per heavy atom. The van der Waals surface area contributed by atoms with Gasteiger partial charge < -0.3 is 9.30 Å². The van der Waals surface area contributed by atoms with E-state index in [1.54, 1.807) is 48.3 Å². The average molecular weight is 404 g/mol. The molecule has 2 heterocycles. The summed E-state index contributed by atoms with van der Waals surface area (Å²) in [4.78, 5) is 30.7. The van der Waals surface area contributed by atoms with Crippen LogP contribution in [0.4, 0.5) is 5.69 Å². The predicted molar refractivity (Wildman–Crippen MR) is 112 cm³/mol. The van der Waals surface area contributed by atoms with Gasteiger partial charge in [-0.05, 0) is 54.7 Å². The zero-order valence-electron chi connectivity index (χ0n) is 15.4. The van der Waals surface area contributed by atoms with E-state index in [0.29, 0.717) is 23.0 Å². The van der Waals surface area contributed by atoms with Gasteiger partial charge in [-0.15, -0.1) is 0 Å². The first-order valence-electron chi connectivity index (χ1n) is 8.75. The minimum Gasteiger partial charge on any atom is -0.457 e. The number of anilines is 1. The molecule has 0 radical (unpaired) electrons. The van der Waals surface area contributed by atoms with Crippen LogP contribution in [0.3, 0.4) is 0 Å². The van der Waals surface area contributed by atoms with Crippen LogP contribution >= 0.6 is 12.2 Å². The van der Waals surface area contributed by atoms with Crippen molar-refractivity contribution in [2.24, 2.45) is 7.05 Å². The molecular weight excluding hydrogens is 388 g/mol. The lowest BCUT2D eigenvalue weighted by Gasteiger charge is -2.28. The Bertz CT molecular complexity index is 1120. The van der Waals surface area contributed by atoms with Crippen LogP contribution in [0.15, 0.2) is 72.6 Å². The molecule has 1 saturated heterocycles. The fraction of sp³-hybridized carbons (Fsp3) is 0.0476. The van der Waals surface area contributed by atoms with Gasteiger partial charge in [-0.25, -0.2) is 4.98 Å². The van der Waals surface area contributed by atoms with Crippen LogP contribution in [0, 0.1) is 0 Å². The summed E-state index contributed by atoms with van der Waals surface area (Å²) in [7, 11) is 1.78. The molecule has 7 nitrogen and oxygen atoms in total. The largest absolute Gasteiger partial charge is 0.457 e. The average Bonchev–Trinajstić information content (AvgIpc) is 3.12. The third kappa shape index (κ3) is 3.78. The lowest BCUT2D eigenvalue weighted by atomic mass is 10.1. The maximum absolute atomic E-state index is 13.0. The molecule has 29 heavy (non-hydrogen) atoms. The number of carbonyl (C=O) groups is 2. The minimum absolute atomic E-state index is 0.0220. The molecule has 0 aliphatic carbocycles. The molecule has 0 unspecified atom stereocenters. The van der Waals surface area contributed by atoms with Crippen molar-refractivity contribution in [2.45, 2.75) is 0 Å². The highest BCUT2D eigenvalue weighted by Gasteiger charge is 2.34. The van der Waals surface area contributed by atoms with E-state index in [2.05, 4.69) is 10.3 Å². The van der Waals surface area contributed by atoms with Gasteiger partial charge in [0.05, 0.1) is 5.69 Å². The molecule has 3 aromatic rings. The molecule has 4 rings (SSSR count). The number of benzene rings is 2. The van der Waals surface area contributed by atoms with Gasteiger partial charge in [0, 0.05) is 19.4 Å². The molecule has 1 fully saturated rings. The Morgan fingerprint density at radius 3 is 2.38 bits per heavy atom. The Balaban J connectivity index is 1.60. The highest BCUT2D eigenvalue weighted by Crippen LogP contribution is 2.26. The Kier molecular flexibility index (Phi) is 4.92. The lowest BCUT2D eigenvalue weighted by Crippen LogP contribution is -2.54. The first-order valence-corrected chi connectivity index (χ1v) is 9.15. The Labute approximate surface area is 172 Å². The van der Waals surface area contributed by atoms with E-state index in [1.807, 2.05) is 30.3 Å². The standard InChI is InChI=1S/C21H16N4O3S/c1-24-12-11-22-18(24)13-17-19(26)23-21(29)25(20(17)27)14-7-9-16(10-8-14)28-15-5-3-2-4-6-15/h2-13H,1H3,(H,23,26,29)/b17-13-. The molecule has 144 valence electrons. The van der Waals surface area contributed by atoms with Crippen molar-refractivity contribution < 1.29 is 14.3 Å². The third-order valence-electron chi connectivity index (χ3n) is 4.31. The normalized spacial score (nSPS) is 15.6. The van der Waals surface area contributed by atoms with Crippen molar-refractivity contribution >= 4 is 40.9 Å². The number of carbonyl (C=O) groups excluding carboxylic acids is 2. The summed E-state index contributed by atoms with van der Waals surface area (Å²) < 4.78 is 7.48. The summed E-state index contributed by atoms with van der Waals surface area (Å²) >= 11 is 5.22. The fourth-order valence-corrected chi connectivity index (χ4v) is 3.11. The number of amides is 2. The van der Waals surface area contributed by atoms with Crippen molar-refractivity contribution in [2.75, 3.05) is 4.90 Å². The summed E-state index contributed by atoms with van der Waals surface area (Å²) in [6, 6.07) is 16.2. The second-order valence-electron chi connectivity index (χ2n) is 6.26. The predicted octanol–water partition coefficient (Wildman–Crippen LogP) is 3.04. The summed E-state index contributed by atoms with van der Waals surface area (Å²) in [5, 5.41) is 2.58. The van der Waals surface area contributed by atoms with E-state index in [-0.39, 0.29) is 10.7 Å². The number of ether oxygens (including phenoxy) is 1. The molecular formula is C21H16N4O3S. The number of hydrogen-bond acceptors (Lipinski definition) is 5. The second kappa shape index (κ2) is 7.69. The van der Waals surface area contributed by atoms with E-state index >= 15 is 0 Å². The SMILES string of the molecule is Cn1ccnc1/C=C1/C(=O)NC(=S)N(c2ccc(Oc3ccccc3)cc2)C1=O. The van der Waals surface area contributed by atoms with Gasteiger partial charge in [0.15, 0.2) is 5.11 Å². The van der Waals surface area contributed by atoms with Crippen LogP contribution in [-0.2, 0) is 16.6 Å². The van der Waals surface area contributed by atoms with Gasteiger partial charge in [0.25, 0.3) is 11.8 Å². The molecule has 1 aliphatic heterocycles. The van der Waals surface area contributed by atoms with Gasteiger partial charge >= 0.3 is 0 Å². The zero-order chi connectivity index (χ0) is 20.4. The summed E-state index contributed by atoms with van der Waals surface area (Å²) in [6.07, 6.45) is 4.76. The molecule has 1 aliphatic rings. The van der Waals surface area contributed by atoms with E-state index < -0.39 is 11.8 Å². The quantitative estimate of drug-likeness (QED) is 0.411. The third-order valence-corrected chi connectivity index (χ3v) is 4.59. The van der Waals surface area contributed by atoms with Crippen LogP contribution in [0.5, 0.6) is 11.5 Å². The Hall–Kier alpha value is -3.78. The number of nitrogens with zero attached hydrogens (tertiary/aromatic N) is 3. The van der Waals surface area contributed by atoms with E-state index in [4.69, 9.17) is 17.0 Å². The first-order chi connectivity index (χ1) is 14.0. The summed E-state index contributed by atoms with van der Waals surface area (Å²) in [5.41, 5.74) is 0.476. The van der Waals surface area contributed by atoms with Crippen LogP contribution in [-0.4, -0.2) is 26.5 Å². The topological polar surface area (TPSA) is 76.5 Å². The van der Waals surface area contributed by atoms with Crippen molar-refractivity contribution in [3.8, 4) is 11.5 Å². The van der Waals surface area contributed by atoms with Crippen molar-refractivity contribution in [1.82, 2.24) is 14.9 Å². The van der Waals surface area contributed by atoms with Crippen LogP contribution in [0.2, 0.25) is 0 Å². The van der Waals surface area contributed by atoms with Gasteiger partial charge in [-0.3, -0.25) is 19.8 Å². The van der Waals surface area contributed by atoms with Crippen molar-refractivity contribution in [1.29, 1.82) is 0 Å². The lowest BCUT2D eigenvalue weighted by molar-refractivity contribution is -0.122. The molecule has 8 heteroatoms. The van der Waals surface area contributed by atoms with Crippen molar-refractivity contribution in [3.05, 3.63) is 78.4 Å². The summed E-state index contributed by atoms with van der Waals surface area (Å²) in [6.45, 7) is 0. The van der Waals surface area contributed by atoms with Gasteiger partial charge in [-0.2, -0.15) is 0 Å². The number of para-hydroxylation sites is 1. The van der Waals surface area contributed by atoms with E-state index in [1.165, 1.54) is 11.0 Å². The van der Waals surface area contributed by atoms with Crippen LogP contribution in [0.1, 0.15) is 5.82 Å². The number of aromatic nitrogens is 2. The number of aryl methyl sites for hydroxylation is 1. The maximum atomic E-state index is 13.0. The smallest absolute Gasteiger partial charge is 0.270 e. The van der Waals surface area contributed by atoms with Gasteiger partial charge in [0.2, 0.25) is 0 Å². The van der Waals surface area contributed by atoms with Crippen LogP contribution < -0.4 is 15.0 Å². The van der Waals surface area contributed by atoms with E-state index in [0.717, 1.165) is 0 Å². The molecule has 0 saturated carbocycles.